The molecule has 0 saturated heterocycles. The summed E-state index contributed by atoms with van der Waals surface area (Å²) in [7, 11) is 0. The molecule has 8 heavy (non-hydrogen) atoms. The molecule has 0 spiro atoms. The Morgan fingerprint density at radius 1 is 1.62 bits per heavy atom. The van der Waals surface area contributed by atoms with Crippen LogP contribution in [0.1, 0.15) is 13.3 Å². The number of hydrogen-bond acceptors (Lipinski definition) is 1. The van der Waals surface area contributed by atoms with E-state index in [4.69, 9.17) is 0 Å². The summed E-state index contributed by atoms with van der Waals surface area (Å²) in [6, 6.07) is 0. The number of hydrogen-bond donors (Lipinski definition) is 0. The van der Waals surface area contributed by atoms with Crippen molar-refractivity contribution in [2.45, 2.75) is 13.3 Å². The van der Waals surface area contributed by atoms with Crippen molar-refractivity contribution in [3.63, 3.8) is 0 Å². The first kappa shape index (κ1) is 7.88. The molecule has 0 atom stereocenters. The molecule has 0 aromatic heterocycles. The van der Waals surface area contributed by atoms with Gasteiger partial charge in [-0.15, -0.1) is 0 Å². The molecule has 0 radical (unpaired) electrons. The van der Waals surface area contributed by atoms with Gasteiger partial charge < -0.3 is 3.83 Å². The lowest BCUT2D eigenvalue weighted by molar-refractivity contribution is 0.351. The highest BCUT2D eigenvalue weighted by Gasteiger charge is 2.01. The third-order valence-corrected chi connectivity index (χ3v) is 1.02. The molecule has 0 bridgehead atoms. The minimum absolute atomic E-state index is 0.202. The Hall–Kier alpha value is -0.120. The van der Waals surface area contributed by atoms with E-state index in [0.717, 1.165) is 0 Å². The largest absolute Gasteiger partial charge is 0.417 e. The molecule has 0 aromatic rings. The van der Waals surface area contributed by atoms with Gasteiger partial charge in [0.25, 0.3) is 0 Å². The summed E-state index contributed by atoms with van der Waals surface area (Å²) in [6.07, 6.45) is -1.57. The minimum atomic E-state index is -1.77. The van der Waals surface area contributed by atoms with E-state index in [-0.39, 0.29) is 12.2 Å². The van der Waals surface area contributed by atoms with Gasteiger partial charge in [0, 0.05) is 6.42 Å². The van der Waals surface area contributed by atoms with E-state index in [0.29, 0.717) is 0 Å². The predicted octanol–water partition coefficient (Wildman–Crippen LogP) is 2.83. The number of rotatable bonds is 2. The van der Waals surface area contributed by atoms with Crippen molar-refractivity contribution in [3.8, 4) is 0 Å². The van der Waals surface area contributed by atoms with Crippen molar-refractivity contribution in [3.05, 3.63) is 11.8 Å². The van der Waals surface area contributed by atoms with Gasteiger partial charge in [0.15, 0.2) is 22.0 Å². The van der Waals surface area contributed by atoms with Gasteiger partial charge in [-0.2, -0.15) is 8.78 Å². The maximum atomic E-state index is 11.4. The Bertz CT molecular complexity index is 92.2. The molecule has 0 aliphatic rings. The van der Waals surface area contributed by atoms with Gasteiger partial charge >= 0.3 is 6.08 Å². The third kappa shape index (κ3) is 2.26. The van der Waals surface area contributed by atoms with Crippen molar-refractivity contribution >= 4 is 16.3 Å². The highest BCUT2D eigenvalue weighted by Crippen LogP contribution is 2.14. The Morgan fingerprint density at radius 3 is 2.12 bits per heavy atom. The molecule has 1 nitrogen and oxygen atoms in total. The van der Waals surface area contributed by atoms with Gasteiger partial charge in [-0.25, -0.2) is 0 Å². The van der Waals surface area contributed by atoms with Gasteiger partial charge in [0.1, 0.15) is 0 Å². The monoisotopic (exact) mass is 186 g/mol. The van der Waals surface area contributed by atoms with Crippen molar-refractivity contribution in [1.82, 2.24) is 0 Å². The fourth-order valence-corrected chi connectivity index (χ4v) is 0.569. The van der Waals surface area contributed by atoms with Crippen LogP contribution in [0.25, 0.3) is 0 Å². The van der Waals surface area contributed by atoms with Crippen molar-refractivity contribution in [2.24, 2.45) is 0 Å². The normalized spacial score (nSPS) is 8.50. The van der Waals surface area contributed by atoms with Crippen LogP contribution in [0.2, 0.25) is 0 Å². The van der Waals surface area contributed by atoms with E-state index in [9.17, 15) is 8.78 Å². The van der Waals surface area contributed by atoms with Crippen LogP contribution >= 0.6 is 16.3 Å². The second kappa shape index (κ2) is 3.83. The van der Waals surface area contributed by atoms with Crippen LogP contribution in [-0.4, -0.2) is 0 Å². The van der Waals surface area contributed by atoms with Gasteiger partial charge in [0.05, 0.1) is 0 Å². The molecule has 0 rings (SSSR count). The lowest BCUT2D eigenvalue weighted by atomic mass is 10.4. The van der Waals surface area contributed by atoms with Gasteiger partial charge in [-0.05, 0) is 0 Å². The predicted molar refractivity (Wildman–Crippen MR) is 29.5 cm³/mol. The molecule has 0 unspecified atom stereocenters. The molecule has 0 fully saturated rings. The summed E-state index contributed by atoms with van der Waals surface area (Å²) in [5, 5.41) is 0. The Labute approximate surface area is 54.8 Å². The highest BCUT2D eigenvalue weighted by molar-refractivity contribution is 9.06. The summed E-state index contributed by atoms with van der Waals surface area (Å²) in [6.45, 7) is 1.58. The molecule has 4 heteroatoms. The van der Waals surface area contributed by atoms with E-state index in [1.54, 1.807) is 6.92 Å². The maximum Gasteiger partial charge on any atom is 0.308 e. The minimum Gasteiger partial charge on any atom is -0.417 e. The van der Waals surface area contributed by atoms with Crippen LogP contribution < -0.4 is 0 Å². The first-order valence-corrected chi connectivity index (χ1v) is 2.69. The molecular weight excluding hydrogens is 182 g/mol. The van der Waals surface area contributed by atoms with Crippen LogP contribution in [-0.2, 0) is 3.83 Å². The van der Waals surface area contributed by atoms with Crippen LogP contribution in [0, 0.1) is 0 Å². The summed E-state index contributed by atoms with van der Waals surface area (Å²) in [5.41, 5.74) is 0. The Balaban J connectivity index is 3.86. The van der Waals surface area contributed by atoms with Crippen LogP contribution in [0.15, 0.2) is 11.8 Å². The fourth-order valence-electron chi connectivity index (χ4n) is 0.217. The molecule has 0 N–H and O–H groups in total. The summed E-state index contributed by atoms with van der Waals surface area (Å²) < 4.78 is 27.0. The zero-order valence-electron chi connectivity index (χ0n) is 4.25. The highest BCUT2D eigenvalue weighted by atomic mass is 79.9. The summed E-state index contributed by atoms with van der Waals surface area (Å²) in [5.74, 6) is -0.315. The molecule has 0 heterocycles. The van der Waals surface area contributed by atoms with E-state index < -0.39 is 6.08 Å². The zero-order chi connectivity index (χ0) is 6.57. The van der Waals surface area contributed by atoms with E-state index >= 15 is 0 Å². The average molecular weight is 187 g/mol. The maximum absolute atomic E-state index is 11.4. The second-order valence-electron chi connectivity index (χ2n) is 1.11. The smallest absolute Gasteiger partial charge is 0.308 e. The summed E-state index contributed by atoms with van der Waals surface area (Å²) in [4.78, 5) is 0. The molecule has 48 valence electrons. The first-order valence-electron chi connectivity index (χ1n) is 2.05. The Morgan fingerprint density at radius 2 is 2.12 bits per heavy atom. The van der Waals surface area contributed by atoms with E-state index in [1.165, 1.54) is 0 Å². The zero-order valence-corrected chi connectivity index (χ0v) is 5.84. The molecule has 0 aliphatic carbocycles. The van der Waals surface area contributed by atoms with Crippen molar-refractivity contribution in [2.75, 3.05) is 0 Å². The first-order chi connectivity index (χ1) is 3.72. The molecule has 0 amide bonds. The van der Waals surface area contributed by atoms with Gasteiger partial charge in [-0.3, -0.25) is 0 Å². The molecule has 0 saturated carbocycles. The summed E-state index contributed by atoms with van der Waals surface area (Å²) >= 11 is 2.44. The molecule has 0 aliphatic heterocycles. The average Bonchev–Trinajstić information content (AvgIpc) is 1.69. The molecule has 0 aromatic carbocycles. The van der Waals surface area contributed by atoms with Crippen LogP contribution in [0.5, 0.6) is 0 Å². The van der Waals surface area contributed by atoms with Gasteiger partial charge in [-0.1, -0.05) is 6.92 Å². The van der Waals surface area contributed by atoms with Crippen LogP contribution in [0.4, 0.5) is 8.78 Å². The fraction of sp³-hybridized carbons (Fsp3) is 0.500. The number of halogens is 3. The SMILES string of the molecule is CCC(OBr)=C(F)F. The lowest BCUT2D eigenvalue weighted by Gasteiger charge is -1.93. The van der Waals surface area contributed by atoms with E-state index in [1.807, 2.05) is 0 Å². The van der Waals surface area contributed by atoms with Crippen LogP contribution in [0.3, 0.4) is 0 Å². The van der Waals surface area contributed by atoms with Crippen molar-refractivity contribution in [1.29, 1.82) is 0 Å². The van der Waals surface area contributed by atoms with Crippen molar-refractivity contribution < 1.29 is 12.6 Å². The standard InChI is InChI=1S/C4H5BrF2O/c1-2-3(8-5)4(6)7/h2H2,1H3. The van der Waals surface area contributed by atoms with E-state index in [2.05, 4.69) is 20.1 Å². The molecular formula is C4H5BrF2O. The quantitative estimate of drug-likeness (QED) is 0.604. The second-order valence-corrected chi connectivity index (χ2v) is 1.44. The lowest BCUT2D eigenvalue weighted by Crippen LogP contribution is -1.78. The third-order valence-electron chi connectivity index (χ3n) is 0.625. The number of allylic oxidation sites excluding steroid dienone is 1. The topological polar surface area (TPSA) is 9.23 Å². The Kier molecular flexibility index (Phi) is 3.77. The van der Waals surface area contributed by atoms with Gasteiger partial charge in [0.2, 0.25) is 0 Å².